The van der Waals surface area contributed by atoms with E-state index in [4.69, 9.17) is 4.74 Å². The minimum Gasteiger partial charge on any atom is -0.381 e. The number of rotatable bonds is 8. The van der Waals surface area contributed by atoms with E-state index in [9.17, 15) is 24.0 Å². The van der Waals surface area contributed by atoms with Crippen LogP contribution in [-0.4, -0.2) is 81.5 Å². The Morgan fingerprint density at radius 3 is 2.66 bits per heavy atom. The Morgan fingerprint density at radius 1 is 1.07 bits per heavy atom. The molecule has 0 aliphatic carbocycles. The molecule has 2 atom stereocenters. The van der Waals surface area contributed by atoms with Gasteiger partial charge in [0.1, 0.15) is 6.04 Å². The topological polar surface area (TPSA) is 143 Å². The van der Waals surface area contributed by atoms with Crippen LogP contribution in [0.15, 0.2) is 30.6 Å². The summed E-state index contributed by atoms with van der Waals surface area (Å²) in [6.07, 6.45) is 8.14. The number of likely N-dealkylation sites (tertiary alicyclic amines) is 1. The zero-order valence-corrected chi connectivity index (χ0v) is 22.8. The molecule has 12 heteroatoms. The molecule has 0 radical (unpaired) electrons. The first-order valence-corrected chi connectivity index (χ1v) is 14.4. The SMILES string of the molecule is O=C1CCC(N2C(=O)c3cccc(NCc4cnn(C5CCN(C(=O)CCC6CCOC6)CC5)c4)c3C2=O)C(=O)N1. The number of ether oxygens (including phenoxy) is 1. The van der Waals surface area contributed by atoms with Gasteiger partial charge in [0.25, 0.3) is 11.8 Å². The smallest absolute Gasteiger partial charge is 0.264 e. The van der Waals surface area contributed by atoms with Gasteiger partial charge in [-0.15, -0.1) is 0 Å². The van der Waals surface area contributed by atoms with E-state index < -0.39 is 29.7 Å². The summed E-state index contributed by atoms with van der Waals surface area (Å²) in [7, 11) is 0. The minimum absolute atomic E-state index is 0.0739. The molecular weight excluding hydrogens is 528 g/mol. The third kappa shape index (κ3) is 5.48. The van der Waals surface area contributed by atoms with Gasteiger partial charge in [0.05, 0.1) is 23.4 Å². The summed E-state index contributed by atoms with van der Waals surface area (Å²) in [6.45, 7) is 3.40. The third-order valence-electron chi connectivity index (χ3n) is 8.59. The molecule has 2 N–H and O–H groups in total. The van der Waals surface area contributed by atoms with Gasteiger partial charge in [-0.3, -0.25) is 38.9 Å². The third-order valence-corrected chi connectivity index (χ3v) is 8.59. The van der Waals surface area contributed by atoms with Gasteiger partial charge in [-0.25, -0.2) is 0 Å². The van der Waals surface area contributed by atoms with Crippen LogP contribution in [0.25, 0.3) is 0 Å². The quantitative estimate of drug-likeness (QED) is 0.465. The molecule has 216 valence electrons. The normalized spacial score (nSPS) is 23.2. The van der Waals surface area contributed by atoms with Gasteiger partial charge >= 0.3 is 0 Å². The molecule has 12 nitrogen and oxygen atoms in total. The Balaban J connectivity index is 1.04. The molecule has 0 bridgehead atoms. The van der Waals surface area contributed by atoms with E-state index in [1.807, 2.05) is 15.8 Å². The molecule has 5 amide bonds. The number of carbonyl (C=O) groups excluding carboxylic acids is 5. The highest BCUT2D eigenvalue weighted by Gasteiger charge is 2.45. The molecule has 0 spiro atoms. The Bertz CT molecular complexity index is 1370. The second-order valence-electron chi connectivity index (χ2n) is 11.2. The van der Waals surface area contributed by atoms with Crippen LogP contribution in [0.2, 0.25) is 0 Å². The van der Waals surface area contributed by atoms with Crippen LogP contribution in [0, 0.1) is 5.92 Å². The predicted octanol–water partition coefficient (Wildman–Crippen LogP) is 1.88. The monoisotopic (exact) mass is 562 g/mol. The van der Waals surface area contributed by atoms with Crippen molar-refractivity contribution >= 4 is 35.2 Å². The van der Waals surface area contributed by atoms with E-state index in [1.165, 1.54) is 0 Å². The zero-order chi connectivity index (χ0) is 28.5. The van der Waals surface area contributed by atoms with Gasteiger partial charge in [0, 0.05) is 63.1 Å². The average Bonchev–Trinajstić information content (AvgIpc) is 3.73. The molecule has 1 aromatic carbocycles. The van der Waals surface area contributed by atoms with E-state index in [0.717, 1.165) is 49.4 Å². The Labute approximate surface area is 237 Å². The number of benzene rings is 1. The highest BCUT2D eigenvalue weighted by atomic mass is 16.5. The lowest BCUT2D eigenvalue weighted by atomic mass is 10.0. The van der Waals surface area contributed by atoms with Crippen molar-refractivity contribution < 1.29 is 28.7 Å². The van der Waals surface area contributed by atoms with Crippen molar-refractivity contribution in [3.05, 3.63) is 47.3 Å². The lowest BCUT2D eigenvalue weighted by Gasteiger charge is -2.32. The summed E-state index contributed by atoms with van der Waals surface area (Å²) in [6, 6.07) is 4.20. The van der Waals surface area contributed by atoms with Crippen LogP contribution in [0.4, 0.5) is 5.69 Å². The van der Waals surface area contributed by atoms with Crippen molar-refractivity contribution in [1.82, 2.24) is 24.9 Å². The first-order valence-electron chi connectivity index (χ1n) is 14.4. The fourth-order valence-corrected chi connectivity index (χ4v) is 6.20. The Morgan fingerprint density at radius 2 is 1.90 bits per heavy atom. The van der Waals surface area contributed by atoms with Gasteiger partial charge in [0.2, 0.25) is 17.7 Å². The van der Waals surface area contributed by atoms with Gasteiger partial charge < -0.3 is 15.0 Å². The lowest BCUT2D eigenvalue weighted by Crippen LogP contribution is -2.54. The highest BCUT2D eigenvalue weighted by Crippen LogP contribution is 2.33. The maximum Gasteiger partial charge on any atom is 0.264 e. The highest BCUT2D eigenvalue weighted by molar-refractivity contribution is 6.25. The van der Waals surface area contributed by atoms with Crippen LogP contribution in [0.3, 0.4) is 0 Å². The van der Waals surface area contributed by atoms with Crippen molar-refractivity contribution in [3.63, 3.8) is 0 Å². The number of amides is 5. The largest absolute Gasteiger partial charge is 0.381 e. The summed E-state index contributed by atoms with van der Waals surface area (Å²) in [5.74, 6) is -1.39. The molecule has 6 rings (SSSR count). The van der Waals surface area contributed by atoms with Gasteiger partial charge in [0.15, 0.2) is 0 Å². The second kappa shape index (κ2) is 11.4. The number of anilines is 1. The number of hydrogen-bond donors (Lipinski definition) is 2. The number of imide groups is 2. The summed E-state index contributed by atoms with van der Waals surface area (Å²) in [4.78, 5) is 65.9. The number of nitrogens with one attached hydrogen (secondary N) is 2. The van der Waals surface area contributed by atoms with Crippen molar-refractivity contribution in [1.29, 1.82) is 0 Å². The number of hydrogen-bond acceptors (Lipinski definition) is 8. The summed E-state index contributed by atoms with van der Waals surface area (Å²) in [5.41, 5.74) is 1.88. The standard InChI is InChI=1S/C29H34N6O6/c36-24-6-5-23(27(38)32-24)35-28(39)21-2-1-3-22(26(21)29(35)40)30-14-19-15-31-34(16-19)20-8-11-33(12-9-20)25(37)7-4-18-10-13-41-17-18/h1-3,15-16,18,20,23,30H,4-14,17H2,(H,32,36,38). The molecular formula is C29H34N6O6. The molecule has 4 aliphatic heterocycles. The molecule has 3 saturated heterocycles. The molecule has 4 aliphatic rings. The molecule has 2 aromatic rings. The van der Waals surface area contributed by atoms with E-state index in [1.54, 1.807) is 24.4 Å². The van der Waals surface area contributed by atoms with Crippen molar-refractivity contribution in [2.24, 2.45) is 5.92 Å². The molecule has 1 aromatic heterocycles. The van der Waals surface area contributed by atoms with Crippen LogP contribution < -0.4 is 10.6 Å². The maximum atomic E-state index is 13.3. The van der Waals surface area contributed by atoms with Gasteiger partial charge in [-0.2, -0.15) is 5.10 Å². The minimum atomic E-state index is -1.00. The first kappa shape index (κ1) is 27.1. The van der Waals surface area contributed by atoms with Crippen molar-refractivity contribution in [2.45, 2.75) is 63.6 Å². The number of piperidine rings is 2. The zero-order valence-electron chi connectivity index (χ0n) is 22.8. The predicted molar refractivity (Wildman–Crippen MR) is 146 cm³/mol. The fourth-order valence-electron chi connectivity index (χ4n) is 6.20. The first-order chi connectivity index (χ1) is 19.9. The van der Waals surface area contributed by atoms with E-state index in [0.29, 0.717) is 37.7 Å². The lowest BCUT2D eigenvalue weighted by molar-refractivity contribution is -0.136. The molecule has 3 fully saturated rings. The van der Waals surface area contributed by atoms with Crippen LogP contribution in [0.5, 0.6) is 0 Å². The Hall–Kier alpha value is -4.06. The van der Waals surface area contributed by atoms with Crippen molar-refractivity contribution in [2.75, 3.05) is 31.6 Å². The van der Waals surface area contributed by atoms with E-state index in [-0.39, 0.29) is 35.9 Å². The average molecular weight is 563 g/mol. The summed E-state index contributed by atoms with van der Waals surface area (Å²) >= 11 is 0. The molecule has 0 saturated carbocycles. The second-order valence-corrected chi connectivity index (χ2v) is 11.2. The number of aromatic nitrogens is 2. The summed E-state index contributed by atoms with van der Waals surface area (Å²) < 4.78 is 7.36. The van der Waals surface area contributed by atoms with Crippen LogP contribution in [-0.2, 0) is 25.7 Å². The van der Waals surface area contributed by atoms with Crippen LogP contribution in [0.1, 0.15) is 77.3 Å². The molecule has 2 unspecified atom stereocenters. The molecule has 41 heavy (non-hydrogen) atoms. The van der Waals surface area contributed by atoms with Gasteiger partial charge in [-0.05, 0) is 50.2 Å². The Kier molecular flexibility index (Phi) is 7.57. The fraction of sp³-hybridized carbons (Fsp3) is 0.517. The van der Waals surface area contributed by atoms with Gasteiger partial charge in [-0.1, -0.05) is 6.07 Å². The van der Waals surface area contributed by atoms with Crippen LogP contribution >= 0.6 is 0 Å². The number of carbonyl (C=O) groups is 5. The maximum absolute atomic E-state index is 13.3. The van der Waals surface area contributed by atoms with E-state index in [2.05, 4.69) is 15.7 Å². The van der Waals surface area contributed by atoms with E-state index >= 15 is 0 Å². The van der Waals surface area contributed by atoms with Crippen molar-refractivity contribution in [3.8, 4) is 0 Å². The number of fused-ring (bicyclic) bond motifs is 1. The number of nitrogens with zero attached hydrogens (tertiary/aromatic N) is 4. The summed E-state index contributed by atoms with van der Waals surface area (Å²) in [5, 5.41) is 10.0. The molecule has 5 heterocycles.